The number of carbonyl (C=O) groups excluding carboxylic acids is 1. The van der Waals surface area contributed by atoms with Crippen molar-refractivity contribution >= 4 is 11.7 Å². The predicted octanol–water partition coefficient (Wildman–Crippen LogP) is 3.64. The third-order valence-electron chi connectivity index (χ3n) is 3.84. The minimum atomic E-state index is -0.911. The molecule has 3 rings (SSSR count). The average molecular weight is 388 g/mol. The van der Waals surface area contributed by atoms with E-state index in [-0.39, 0.29) is 34.6 Å². The molecule has 0 aliphatic heterocycles. The van der Waals surface area contributed by atoms with E-state index >= 15 is 0 Å². The minimum absolute atomic E-state index is 0.0228. The van der Waals surface area contributed by atoms with Gasteiger partial charge < -0.3 is 19.4 Å². The molecule has 0 saturated carbocycles. The molecule has 0 spiro atoms. The van der Waals surface area contributed by atoms with Gasteiger partial charge in [-0.15, -0.1) is 0 Å². The molecular formula is C18H13FN2O7. The lowest BCUT2D eigenvalue weighted by molar-refractivity contribution is -0.385. The van der Waals surface area contributed by atoms with E-state index in [1.165, 1.54) is 12.3 Å². The zero-order chi connectivity index (χ0) is 20.4. The topological polar surface area (TPSA) is 136 Å². The molecule has 2 N–H and O–H groups in total. The summed E-state index contributed by atoms with van der Waals surface area (Å²) in [6.07, 6.45) is 2.30. The number of hydrogen-bond donors (Lipinski definition) is 2. The zero-order valence-corrected chi connectivity index (χ0v) is 14.4. The van der Waals surface area contributed by atoms with Crippen LogP contribution >= 0.6 is 0 Å². The molecule has 10 heteroatoms. The van der Waals surface area contributed by atoms with Crippen LogP contribution in [0.3, 0.4) is 0 Å². The van der Waals surface area contributed by atoms with Crippen LogP contribution in [0.1, 0.15) is 17.3 Å². The fourth-order valence-electron chi connectivity index (χ4n) is 2.63. The summed E-state index contributed by atoms with van der Waals surface area (Å²) in [5, 5.41) is 30.6. The first-order valence-electron chi connectivity index (χ1n) is 7.94. The number of phenols is 2. The van der Waals surface area contributed by atoms with E-state index in [2.05, 4.69) is 4.98 Å². The number of nitrogens with zero attached hydrogens (tertiary/aromatic N) is 2. The number of rotatable bonds is 5. The summed E-state index contributed by atoms with van der Waals surface area (Å²) < 4.78 is 23.9. The van der Waals surface area contributed by atoms with Gasteiger partial charge in [-0.25, -0.2) is 9.78 Å². The van der Waals surface area contributed by atoms with Gasteiger partial charge in [-0.3, -0.25) is 10.1 Å². The Bertz CT molecular complexity index is 1080. The van der Waals surface area contributed by atoms with Crippen LogP contribution in [-0.4, -0.2) is 32.7 Å². The largest absolute Gasteiger partial charge is 0.504 e. The van der Waals surface area contributed by atoms with Crippen molar-refractivity contribution in [1.82, 2.24) is 4.98 Å². The molecule has 0 aliphatic rings. The van der Waals surface area contributed by atoms with Crippen molar-refractivity contribution in [3.63, 3.8) is 0 Å². The molecule has 2 heterocycles. The third kappa shape index (κ3) is 3.34. The Labute approximate surface area is 156 Å². The maximum absolute atomic E-state index is 13.5. The first-order chi connectivity index (χ1) is 13.3. The van der Waals surface area contributed by atoms with Gasteiger partial charge in [0.1, 0.15) is 11.3 Å². The fourth-order valence-corrected chi connectivity index (χ4v) is 2.63. The molecule has 9 nitrogen and oxygen atoms in total. The number of benzene rings is 1. The highest BCUT2D eigenvalue weighted by atomic mass is 19.1. The van der Waals surface area contributed by atoms with Crippen molar-refractivity contribution in [2.24, 2.45) is 0 Å². The first kappa shape index (κ1) is 18.8. The molecular weight excluding hydrogens is 375 g/mol. The molecule has 28 heavy (non-hydrogen) atoms. The number of carbonyl (C=O) groups is 1. The van der Waals surface area contributed by atoms with Crippen molar-refractivity contribution in [3.05, 3.63) is 58.4 Å². The Kier molecular flexibility index (Phi) is 4.94. The van der Waals surface area contributed by atoms with E-state index in [1.54, 1.807) is 6.92 Å². The summed E-state index contributed by atoms with van der Waals surface area (Å²) in [7, 11) is 0. The number of hydrogen-bond acceptors (Lipinski definition) is 8. The molecule has 0 radical (unpaired) electrons. The predicted molar refractivity (Wildman–Crippen MR) is 93.3 cm³/mol. The van der Waals surface area contributed by atoms with Crippen LogP contribution in [0, 0.1) is 16.1 Å². The maximum atomic E-state index is 13.5. The summed E-state index contributed by atoms with van der Waals surface area (Å²) in [4.78, 5) is 26.2. The number of esters is 1. The van der Waals surface area contributed by atoms with Gasteiger partial charge in [-0.1, -0.05) is 0 Å². The molecule has 0 saturated heterocycles. The second kappa shape index (κ2) is 7.35. The van der Waals surface area contributed by atoms with Gasteiger partial charge in [0.15, 0.2) is 5.75 Å². The van der Waals surface area contributed by atoms with Crippen LogP contribution in [0.2, 0.25) is 0 Å². The van der Waals surface area contributed by atoms with E-state index in [9.17, 15) is 29.5 Å². The Morgan fingerprint density at radius 1 is 1.32 bits per heavy atom. The van der Waals surface area contributed by atoms with Gasteiger partial charge in [0.2, 0.25) is 11.7 Å². The third-order valence-corrected chi connectivity index (χ3v) is 3.84. The van der Waals surface area contributed by atoms with Crippen LogP contribution in [0.15, 0.2) is 41.1 Å². The molecule has 0 aliphatic carbocycles. The van der Waals surface area contributed by atoms with Gasteiger partial charge in [-0.05, 0) is 24.6 Å². The summed E-state index contributed by atoms with van der Waals surface area (Å²) in [6, 6.07) is 4.46. The smallest absolute Gasteiger partial charge is 0.342 e. The van der Waals surface area contributed by atoms with E-state index in [0.29, 0.717) is 0 Å². The Balaban J connectivity index is 2.25. The highest BCUT2D eigenvalue weighted by Gasteiger charge is 2.27. The number of aromatic hydroxyl groups is 2. The van der Waals surface area contributed by atoms with E-state index in [1.807, 2.05) is 0 Å². The van der Waals surface area contributed by atoms with Gasteiger partial charge in [0.25, 0.3) is 0 Å². The Morgan fingerprint density at radius 3 is 2.71 bits per heavy atom. The van der Waals surface area contributed by atoms with Crippen LogP contribution < -0.4 is 0 Å². The minimum Gasteiger partial charge on any atom is -0.504 e. The summed E-state index contributed by atoms with van der Waals surface area (Å²) in [5.74, 6) is -3.31. The molecule has 3 aromatic rings. The number of pyridine rings is 1. The lowest BCUT2D eigenvalue weighted by atomic mass is 9.99. The molecule has 0 unspecified atom stereocenters. The zero-order valence-electron chi connectivity index (χ0n) is 14.4. The van der Waals surface area contributed by atoms with Crippen molar-refractivity contribution in [2.75, 3.05) is 6.61 Å². The van der Waals surface area contributed by atoms with Crippen molar-refractivity contribution in [2.45, 2.75) is 6.92 Å². The monoisotopic (exact) mass is 388 g/mol. The number of halogens is 1. The Hall–Kier alpha value is -3.95. The second-order valence-corrected chi connectivity index (χ2v) is 5.56. The van der Waals surface area contributed by atoms with Crippen molar-refractivity contribution in [1.29, 1.82) is 0 Å². The number of nitro groups is 1. The first-order valence-corrected chi connectivity index (χ1v) is 7.94. The molecule has 0 amide bonds. The number of nitro benzene ring substituents is 1. The lowest BCUT2D eigenvalue weighted by Crippen LogP contribution is -2.06. The van der Waals surface area contributed by atoms with Gasteiger partial charge in [-0.2, -0.15) is 4.39 Å². The molecule has 0 bridgehead atoms. The lowest BCUT2D eigenvalue weighted by Gasteiger charge is -2.07. The van der Waals surface area contributed by atoms with Crippen LogP contribution in [0.5, 0.6) is 11.5 Å². The highest BCUT2D eigenvalue weighted by molar-refractivity contribution is 6.03. The molecule has 0 fully saturated rings. The van der Waals surface area contributed by atoms with E-state index in [0.717, 1.165) is 24.5 Å². The van der Waals surface area contributed by atoms with Gasteiger partial charge in [0, 0.05) is 29.5 Å². The summed E-state index contributed by atoms with van der Waals surface area (Å²) in [6.45, 7) is 1.62. The average Bonchev–Trinajstić information content (AvgIpc) is 3.09. The molecule has 144 valence electrons. The number of furan rings is 1. The quantitative estimate of drug-likeness (QED) is 0.222. The highest BCUT2D eigenvalue weighted by Crippen LogP contribution is 2.42. The summed E-state index contributed by atoms with van der Waals surface area (Å²) in [5.41, 5.74) is -0.604. The van der Waals surface area contributed by atoms with Crippen molar-refractivity contribution < 1.29 is 33.5 Å². The summed E-state index contributed by atoms with van der Waals surface area (Å²) >= 11 is 0. The maximum Gasteiger partial charge on any atom is 0.342 e. The number of aromatic nitrogens is 1. The second-order valence-electron chi connectivity index (χ2n) is 5.56. The number of ether oxygens (including phenoxy) is 1. The number of phenolic OH excluding ortho intramolecular Hbond substituents is 2. The standard InChI is InChI=1S/C18H13FN2O7/c1-2-27-18(24)15-11(8-28-17(15)9-3-4-20-14(19)7-9)10-5-12(21(25)26)16(23)13(22)6-10/h3-8,22-23H,2H2,1H3. The van der Waals surface area contributed by atoms with E-state index < -0.39 is 34.0 Å². The Morgan fingerprint density at radius 2 is 2.07 bits per heavy atom. The van der Waals surface area contributed by atoms with E-state index in [4.69, 9.17) is 9.15 Å². The van der Waals surface area contributed by atoms with Crippen LogP contribution in [0.25, 0.3) is 22.5 Å². The van der Waals surface area contributed by atoms with Crippen LogP contribution in [0.4, 0.5) is 10.1 Å². The SMILES string of the molecule is CCOC(=O)c1c(-c2cc(O)c(O)c([N+](=O)[O-])c2)coc1-c1ccnc(F)c1. The van der Waals surface area contributed by atoms with Crippen molar-refractivity contribution in [3.8, 4) is 33.9 Å². The molecule has 2 aromatic heterocycles. The van der Waals surface area contributed by atoms with Gasteiger partial charge >= 0.3 is 11.7 Å². The van der Waals surface area contributed by atoms with Crippen LogP contribution in [-0.2, 0) is 4.74 Å². The molecule has 0 atom stereocenters. The fraction of sp³-hybridized carbons (Fsp3) is 0.111. The van der Waals surface area contributed by atoms with Gasteiger partial charge in [0.05, 0.1) is 17.8 Å². The molecule has 1 aromatic carbocycles. The normalized spacial score (nSPS) is 10.6.